The van der Waals surface area contributed by atoms with Gasteiger partial charge >= 0.3 is 5.97 Å². The number of carboxylic acids is 1. The molecule has 2 heterocycles. The van der Waals surface area contributed by atoms with E-state index in [1.165, 1.54) is 11.3 Å². The summed E-state index contributed by atoms with van der Waals surface area (Å²) in [6.07, 6.45) is 10.00. The van der Waals surface area contributed by atoms with Gasteiger partial charge < -0.3 is 10.2 Å². The lowest BCUT2D eigenvalue weighted by atomic mass is 9.89. The number of halogens is 2. The lowest BCUT2D eigenvalue weighted by molar-refractivity contribution is 0.0702. The number of carboxylic acid groups (broad SMARTS) is 1. The predicted molar refractivity (Wildman–Crippen MR) is 110 cm³/mol. The molecule has 1 fully saturated rings. The van der Waals surface area contributed by atoms with Crippen LogP contribution in [-0.2, 0) is 6.42 Å². The molecule has 2 unspecified atom stereocenters. The number of aliphatic hydroxyl groups excluding tert-OH is 1. The van der Waals surface area contributed by atoms with E-state index < -0.39 is 12.1 Å². The first-order valence-electron chi connectivity index (χ1n) is 8.87. The molecule has 0 radical (unpaired) electrons. The van der Waals surface area contributed by atoms with Crippen molar-refractivity contribution in [3.63, 3.8) is 0 Å². The third-order valence-corrected chi connectivity index (χ3v) is 6.78. The third kappa shape index (κ3) is 5.32. The summed E-state index contributed by atoms with van der Waals surface area (Å²) >= 11 is 13.8. The van der Waals surface area contributed by atoms with Crippen LogP contribution in [0.3, 0.4) is 0 Å². The summed E-state index contributed by atoms with van der Waals surface area (Å²) in [5.41, 5.74) is 0.895. The molecule has 0 spiro atoms. The Kier molecular flexibility index (Phi) is 6.93. The van der Waals surface area contributed by atoms with Crippen molar-refractivity contribution in [3.05, 3.63) is 57.0 Å². The zero-order valence-electron chi connectivity index (χ0n) is 14.6. The molecule has 3 rings (SSSR count). The first-order valence-corrected chi connectivity index (χ1v) is 10.5. The van der Waals surface area contributed by atoms with Crippen LogP contribution in [0.25, 0.3) is 6.08 Å². The molecule has 27 heavy (non-hydrogen) atoms. The molecule has 2 aromatic heterocycles. The number of aliphatic hydroxyl groups is 1. The van der Waals surface area contributed by atoms with E-state index in [1.807, 2.05) is 24.3 Å². The van der Waals surface area contributed by atoms with E-state index in [0.717, 1.165) is 29.7 Å². The van der Waals surface area contributed by atoms with Crippen molar-refractivity contribution < 1.29 is 15.0 Å². The van der Waals surface area contributed by atoms with Gasteiger partial charge in [0.15, 0.2) is 0 Å². The van der Waals surface area contributed by atoms with Crippen molar-refractivity contribution in [3.8, 4) is 0 Å². The fourth-order valence-corrected chi connectivity index (χ4v) is 5.16. The van der Waals surface area contributed by atoms with Crippen LogP contribution in [0.2, 0.25) is 5.02 Å². The van der Waals surface area contributed by atoms with E-state index in [1.54, 1.807) is 18.5 Å². The molecule has 2 aromatic rings. The van der Waals surface area contributed by atoms with E-state index in [0.29, 0.717) is 16.3 Å². The van der Waals surface area contributed by atoms with Crippen LogP contribution in [0.5, 0.6) is 0 Å². The normalized spacial score (nSPS) is 25.3. The number of rotatable bonds is 7. The van der Waals surface area contributed by atoms with Crippen LogP contribution in [0.4, 0.5) is 0 Å². The molecule has 1 aliphatic carbocycles. The number of nitrogens with zero attached hydrogens (tertiary/aromatic N) is 1. The molecule has 1 saturated carbocycles. The first-order chi connectivity index (χ1) is 12.9. The second kappa shape index (κ2) is 9.20. The maximum Gasteiger partial charge on any atom is 0.345 e. The number of aromatic carboxylic acids is 1. The highest BCUT2D eigenvalue weighted by Gasteiger charge is 2.39. The maximum absolute atomic E-state index is 11.0. The summed E-state index contributed by atoms with van der Waals surface area (Å²) in [5.74, 6) is -0.708. The van der Waals surface area contributed by atoms with Gasteiger partial charge in [-0.05, 0) is 55.4 Å². The van der Waals surface area contributed by atoms with Crippen LogP contribution in [-0.4, -0.2) is 32.6 Å². The number of aromatic nitrogens is 1. The fraction of sp³-hybridized carbons (Fsp3) is 0.400. The minimum absolute atomic E-state index is 0.00982. The molecule has 7 heteroatoms. The van der Waals surface area contributed by atoms with Crippen molar-refractivity contribution in [2.24, 2.45) is 11.8 Å². The Bertz CT molecular complexity index is 823. The van der Waals surface area contributed by atoms with Gasteiger partial charge in [0.1, 0.15) is 4.88 Å². The summed E-state index contributed by atoms with van der Waals surface area (Å²) in [7, 11) is 0. The Morgan fingerprint density at radius 3 is 2.89 bits per heavy atom. The van der Waals surface area contributed by atoms with E-state index in [2.05, 4.69) is 4.98 Å². The smallest absolute Gasteiger partial charge is 0.345 e. The molecule has 0 amide bonds. The number of pyridine rings is 1. The number of aryl methyl sites for hydroxylation is 1. The van der Waals surface area contributed by atoms with Gasteiger partial charge in [-0.15, -0.1) is 22.9 Å². The van der Waals surface area contributed by atoms with Gasteiger partial charge in [-0.3, -0.25) is 4.98 Å². The average Bonchev–Trinajstić information content (AvgIpc) is 3.19. The van der Waals surface area contributed by atoms with Crippen molar-refractivity contribution in [1.82, 2.24) is 4.98 Å². The van der Waals surface area contributed by atoms with Gasteiger partial charge in [0.2, 0.25) is 0 Å². The summed E-state index contributed by atoms with van der Waals surface area (Å²) in [4.78, 5) is 16.5. The number of hydrogen-bond acceptors (Lipinski definition) is 4. The molecular formula is C20H21Cl2NO3S. The predicted octanol–water partition coefficient (Wildman–Crippen LogP) is 5.14. The number of alkyl halides is 1. The highest BCUT2D eigenvalue weighted by Crippen LogP contribution is 2.40. The molecule has 0 aromatic carbocycles. The van der Waals surface area contributed by atoms with Gasteiger partial charge in [0.25, 0.3) is 0 Å². The standard InChI is InChI=1S/C20H21Cl2NO3S/c21-13-8-12(10-23-11-13)4-6-16-15(17(22)9-18(16)24)3-1-2-14-5-7-19(27-14)20(25)26/h4-8,10-11,15-18,24H,1-3,9H2,(H,25,26)/b6-4+/t15?,16-,17-,18?/m1/s1. The Labute approximate surface area is 172 Å². The van der Waals surface area contributed by atoms with Crippen LogP contribution >= 0.6 is 34.5 Å². The number of thiophene rings is 1. The largest absolute Gasteiger partial charge is 0.477 e. The highest BCUT2D eigenvalue weighted by molar-refractivity contribution is 7.13. The van der Waals surface area contributed by atoms with Crippen LogP contribution in [0.15, 0.2) is 36.7 Å². The minimum Gasteiger partial charge on any atom is -0.477 e. The zero-order valence-corrected chi connectivity index (χ0v) is 16.9. The lowest BCUT2D eigenvalue weighted by Gasteiger charge is -2.20. The third-order valence-electron chi connectivity index (χ3n) is 4.94. The Morgan fingerprint density at radius 1 is 1.37 bits per heavy atom. The van der Waals surface area contributed by atoms with Crippen molar-refractivity contribution in [2.75, 3.05) is 0 Å². The lowest BCUT2D eigenvalue weighted by Crippen LogP contribution is -2.18. The fourth-order valence-electron chi connectivity index (χ4n) is 3.61. The SMILES string of the molecule is O=C(O)c1ccc(CCCC2[C@@H](/C=C/c3cncc(Cl)c3)C(O)C[C@H]2Cl)s1. The Hall–Kier alpha value is -1.40. The van der Waals surface area contributed by atoms with Gasteiger partial charge in [-0.1, -0.05) is 23.8 Å². The molecule has 0 bridgehead atoms. The topological polar surface area (TPSA) is 70.4 Å². The number of carbonyl (C=O) groups is 1. The molecule has 4 atom stereocenters. The Morgan fingerprint density at radius 2 is 2.19 bits per heavy atom. The van der Waals surface area contributed by atoms with Gasteiger partial charge in [-0.2, -0.15) is 0 Å². The summed E-state index contributed by atoms with van der Waals surface area (Å²) in [5, 5.41) is 19.9. The van der Waals surface area contributed by atoms with Crippen molar-refractivity contribution in [1.29, 1.82) is 0 Å². The van der Waals surface area contributed by atoms with Crippen LogP contribution in [0.1, 0.15) is 39.4 Å². The molecule has 0 aliphatic heterocycles. The molecule has 0 saturated heterocycles. The second-order valence-electron chi connectivity index (χ2n) is 6.82. The highest BCUT2D eigenvalue weighted by atomic mass is 35.5. The van der Waals surface area contributed by atoms with E-state index >= 15 is 0 Å². The molecular weight excluding hydrogens is 405 g/mol. The summed E-state index contributed by atoms with van der Waals surface area (Å²) < 4.78 is 0. The van der Waals surface area contributed by atoms with Gasteiger partial charge in [-0.25, -0.2) is 4.79 Å². The first kappa shape index (κ1) is 20.3. The van der Waals surface area contributed by atoms with E-state index in [4.69, 9.17) is 28.3 Å². The zero-order chi connectivity index (χ0) is 19.4. The van der Waals surface area contributed by atoms with Gasteiger partial charge in [0, 0.05) is 28.6 Å². The molecule has 144 valence electrons. The number of hydrogen-bond donors (Lipinski definition) is 2. The second-order valence-corrected chi connectivity index (χ2v) is 8.98. The quantitative estimate of drug-likeness (QED) is 0.602. The summed E-state index contributed by atoms with van der Waals surface area (Å²) in [6, 6.07) is 5.35. The molecule has 2 N–H and O–H groups in total. The van der Waals surface area contributed by atoms with Crippen LogP contribution < -0.4 is 0 Å². The van der Waals surface area contributed by atoms with Crippen molar-refractivity contribution in [2.45, 2.75) is 37.2 Å². The average molecular weight is 426 g/mol. The Balaban J connectivity index is 1.60. The molecule has 1 aliphatic rings. The maximum atomic E-state index is 11.0. The summed E-state index contributed by atoms with van der Waals surface area (Å²) in [6.45, 7) is 0. The monoisotopic (exact) mass is 425 g/mol. The van der Waals surface area contributed by atoms with Crippen molar-refractivity contribution >= 4 is 46.6 Å². The van der Waals surface area contributed by atoms with E-state index in [9.17, 15) is 9.90 Å². The minimum atomic E-state index is -0.883. The van der Waals surface area contributed by atoms with E-state index in [-0.39, 0.29) is 17.2 Å². The van der Waals surface area contributed by atoms with Gasteiger partial charge in [0.05, 0.1) is 11.1 Å². The molecule has 4 nitrogen and oxygen atoms in total. The van der Waals surface area contributed by atoms with Crippen LogP contribution in [0, 0.1) is 11.8 Å².